The molecule has 0 unspecified atom stereocenters. The molecule has 5 rings (SSSR count). The number of carbonyl (C=O) groups is 4. The minimum absolute atomic E-state index is 0.122. The van der Waals surface area contributed by atoms with Crippen molar-refractivity contribution >= 4 is 29.4 Å². The number of nitrogens with zero attached hydrogens (tertiary/aromatic N) is 1. The molecule has 0 aliphatic carbocycles. The number of benzene rings is 2. The van der Waals surface area contributed by atoms with E-state index in [-0.39, 0.29) is 37.1 Å². The predicted octanol–water partition coefficient (Wildman–Crippen LogP) is -0.580. The van der Waals surface area contributed by atoms with Crippen LogP contribution in [0.3, 0.4) is 0 Å². The molecule has 8 nitrogen and oxygen atoms in total. The number of imide groups is 1. The van der Waals surface area contributed by atoms with Crippen LogP contribution in [-0.4, -0.2) is 34.6 Å². The topological polar surface area (TPSA) is 123 Å². The van der Waals surface area contributed by atoms with E-state index in [1.54, 1.807) is 5.32 Å². The summed E-state index contributed by atoms with van der Waals surface area (Å²) in [6.07, 6.45) is -0.110. The fourth-order valence-corrected chi connectivity index (χ4v) is 5.67. The highest BCUT2D eigenvalue weighted by atomic mass is 16.4. The van der Waals surface area contributed by atoms with E-state index in [1.165, 1.54) is 4.90 Å². The zero-order valence-electron chi connectivity index (χ0n) is 17.5. The van der Waals surface area contributed by atoms with Gasteiger partial charge in [0.05, 0.1) is 12.2 Å². The number of hydrogen-bond donors (Lipinski definition) is 2. The molecule has 4 atom stereocenters. The average molecular weight is 433 g/mol. The van der Waals surface area contributed by atoms with Crippen LogP contribution in [0.4, 0.5) is 5.69 Å². The van der Waals surface area contributed by atoms with E-state index in [4.69, 9.17) is 0 Å². The van der Waals surface area contributed by atoms with Crippen LogP contribution in [0, 0.1) is 18.8 Å². The Morgan fingerprint density at radius 1 is 1.09 bits per heavy atom. The molecule has 3 aliphatic heterocycles. The van der Waals surface area contributed by atoms with Crippen LogP contribution in [0.5, 0.6) is 0 Å². The van der Waals surface area contributed by atoms with E-state index in [0.717, 1.165) is 11.1 Å². The molecule has 3 amide bonds. The Morgan fingerprint density at radius 2 is 1.84 bits per heavy atom. The highest BCUT2D eigenvalue weighted by Gasteiger charge is 2.74. The highest BCUT2D eigenvalue weighted by Crippen LogP contribution is 2.50. The lowest BCUT2D eigenvalue weighted by Gasteiger charge is -2.26. The molecule has 0 aromatic heterocycles. The summed E-state index contributed by atoms with van der Waals surface area (Å²) in [6.45, 7) is 2.00. The number of quaternary nitrogens is 1. The van der Waals surface area contributed by atoms with E-state index in [1.807, 2.05) is 55.5 Å². The zero-order valence-corrected chi connectivity index (χ0v) is 17.5. The van der Waals surface area contributed by atoms with Crippen molar-refractivity contribution < 1.29 is 29.6 Å². The maximum atomic E-state index is 13.7. The molecule has 3 N–H and O–H groups in total. The van der Waals surface area contributed by atoms with E-state index >= 15 is 0 Å². The first-order chi connectivity index (χ1) is 15.3. The molecule has 1 spiro atoms. The van der Waals surface area contributed by atoms with Crippen LogP contribution in [0.15, 0.2) is 48.5 Å². The van der Waals surface area contributed by atoms with Crippen molar-refractivity contribution in [2.24, 2.45) is 11.8 Å². The summed E-state index contributed by atoms with van der Waals surface area (Å²) in [5.41, 5.74) is 1.73. The predicted molar refractivity (Wildman–Crippen MR) is 110 cm³/mol. The second kappa shape index (κ2) is 7.27. The van der Waals surface area contributed by atoms with Gasteiger partial charge in [-0.05, 0) is 24.5 Å². The van der Waals surface area contributed by atoms with E-state index < -0.39 is 29.4 Å². The van der Waals surface area contributed by atoms with Gasteiger partial charge in [0.1, 0.15) is 17.9 Å². The number of para-hydroxylation sites is 1. The van der Waals surface area contributed by atoms with Gasteiger partial charge in [-0.2, -0.15) is 0 Å². The number of hydrogen-bond acceptors (Lipinski definition) is 5. The molecular weight excluding hydrogens is 410 g/mol. The Bertz CT molecular complexity index is 1150. The third-order valence-electron chi connectivity index (χ3n) is 7.07. The van der Waals surface area contributed by atoms with Crippen molar-refractivity contribution in [3.63, 3.8) is 0 Å². The van der Waals surface area contributed by atoms with Crippen molar-refractivity contribution in [3.8, 4) is 0 Å². The number of carbonyl (C=O) groups excluding carboxylic acids is 4. The van der Waals surface area contributed by atoms with Gasteiger partial charge in [0.25, 0.3) is 5.91 Å². The molecule has 0 radical (unpaired) electrons. The Hall–Kier alpha value is -3.52. The number of fused-ring (bicyclic) bond motifs is 4. The quantitative estimate of drug-likeness (QED) is 0.611. The second-order valence-corrected chi connectivity index (χ2v) is 8.81. The van der Waals surface area contributed by atoms with Crippen LogP contribution in [0.1, 0.15) is 29.5 Å². The van der Waals surface area contributed by atoms with Crippen molar-refractivity contribution in [1.29, 1.82) is 0 Å². The van der Waals surface area contributed by atoms with E-state index in [0.29, 0.717) is 11.3 Å². The van der Waals surface area contributed by atoms with Gasteiger partial charge < -0.3 is 20.5 Å². The van der Waals surface area contributed by atoms with Gasteiger partial charge in [0.15, 0.2) is 0 Å². The number of nitrogens with one attached hydrogen (secondary N) is 1. The number of anilines is 1. The van der Waals surface area contributed by atoms with Crippen LogP contribution < -0.4 is 15.7 Å². The van der Waals surface area contributed by atoms with Crippen LogP contribution in [0.25, 0.3) is 0 Å². The Balaban J connectivity index is 1.60. The fourth-order valence-electron chi connectivity index (χ4n) is 5.67. The first kappa shape index (κ1) is 20.4. The maximum absolute atomic E-state index is 13.7. The summed E-state index contributed by atoms with van der Waals surface area (Å²) in [5, 5.41) is 15.8. The van der Waals surface area contributed by atoms with Crippen LogP contribution >= 0.6 is 0 Å². The summed E-state index contributed by atoms with van der Waals surface area (Å²) in [6, 6.07) is 14.2. The number of aryl methyl sites for hydroxylation is 1. The number of carboxylic acids is 1. The van der Waals surface area contributed by atoms with Crippen molar-refractivity contribution in [3.05, 3.63) is 65.2 Å². The summed E-state index contributed by atoms with van der Waals surface area (Å²) in [7, 11) is 0. The average Bonchev–Trinajstić information content (AvgIpc) is 3.35. The van der Waals surface area contributed by atoms with Gasteiger partial charge in [0.2, 0.25) is 17.4 Å². The molecule has 3 aliphatic rings. The Labute approximate surface area is 184 Å². The third-order valence-corrected chi connectivity index (χ3v) is 7.07. The number of rotatable bonds is 5. The van der Waals surface area contributed by atoms with E-state index in [2.05, 4.69) is 5.32 Å². The number of likely N-dealkylation sites (tertiary alicyclic amines) is 1. The lowest BCUT2D eigenvalue weighted by Crippen LogP contribution is -2.99. The molecule has 2 aromatic rings. The van der Waals surface area contributed by atoms with Gasteiger partial charge in [-0.1, -0.05) is 48.5 Å². The lowest BCUT2D eigenvalue weighted by molar-refractivity contribution is -0.734. The van der Waals surface area contributed by atoms with Crippen molar-refractivity contribution in [2.75, 3.05) is 5.32 Å². The molecule has 2 saturated heterocycles. The zero-order chi connectivity index (χ0) is 22.6. The number of aliphatic carboxylic acids is 1. The van der Waals surface area contributed by atoms with Gasteiger partial charge in [-0.25, -0.2) is 0 Å². The first-order valence-electron chi connectivity index (χ1n) is 10.7. The highest BCUT2D eigenvalue weighted by molar-refractivity contribution is 6.14. The van der Waals surface area contributed by atoms with E-state index in [9.17, 15) is 24.3 Å². The van der Waals surface area contributed by atoms with Crippen LogP contribution in [-0.2, 0) is 31.3 Å². The standard InChI is InChI=1S/C24H23N3O5/c1-13-6-5-9-15-20(13)25-23(32)24(15)19-18(16(26-24)10-11-17(28)29)21(30)27(22(19)31)12-14-7-3-2-4-8-14/h2-9,16,18-19,26H,10-12H2,1H3,(H,25,32)(H,28,29)/t16-,18+,19-,24-/m0/s1. The molecule has 164 valence electrons. The Morgan fingerprint density at radius 3 is 2.56 bits per heavy atom. The summed E-state index contributed by atoms with van der Waals surface area (Å²) < 4.78 is 0. The van der Waals surface area contributed by atoms with Gasteiger partial charge >= 0.3 is 0 Å². The molecule has 0 saturated carbocycles. The molecule has 3 heterocycles. The molecule has 0 bridgehead atoms. The summed E-state index contributed by atoms with van der Waals surface area (Å²) in [5.74, 6) is -3.97. The summed E-state index contributed by atoms with van der Waals surface area (Å²) >= 11 is 0. The summed E-state index contributed by atoms with van der Waals surface area (Å²) in [4.78, 5) is 52.9. The minimum atomic E-state index is -1.29. The SMILES string of the molecule is Cc1cccc2c1NC(=O)[C@]21[NH2+][C@@H](CCC(=O)[O-])[C@H]2C(=O)N(Cc3ccccc3)C(=O)[C@H]21. The molecular formula is C24H23N3O5. The monoisotopic (exact) mass is 433 g/mol. The minimum Gasteiger partial charge on any atom is -0.550 e. The fraction of sp³-hybridized carbons (Fsp3) is 0.333. The van der Waals surface area contributed by atoms with Crippen molar-refractivity contribution in [2.45, 2.75) is 37.9 Å². The number of carboxylic acid groups (broad SMARTS) is 1. The van der Waals surface area contributed by atoms with Crippen molar-refractivity contribution in [1.82, 2.24) is 4.90 Å². The van der Waals surface area contributed by atoms with Gasteiger partial charge in [-0.15, -0.1) is 0 Å². The number of nitrogens with two attached hydrogens (primary N) is 1. The molecule has 2 fully saturated rings. The lowest BCUT2D eigenvalue weighted by atomic mass is 9.76. The second-order valence-electron chi connectivity index (χ2n) is 8.81. The number of amides is 3. The molecule has 2 aromatic carbocycles. The largest absolute Gasteiger partial charge is 0.550 e. The maximum Gasteiger partial charge on any atom is 0.291 e. The molecule has 32 heavy (non-hydrogen) atoms. The normalized spacial score (nSPS) is 28.2. The van der Waals surface area contributed by atoms with Gasteiger partial charge in [0, 0.05) is 18.0 Å². The van der Waals surface area contributed by atoms with Crippen LogP contribution in [0.2, 0.25) is 0 Å². The third kappa shape index (κ3) is 2.79. The van der Waals surface area contributed by atoms with Gasteiger partial charge in [-0.3, -0.25) is 19.3 Å². The smallest absolute Gasteiger partial charge is 0.291 e. The Kier molecular flexibility index (Phi) is 4.63. The first-order valence-corrected chi connectivity index (χ1v) is 10.7. The molecule has 8 heteroatoms.